The number of nitrogens with zero attached hydrogens (tertiary/aromatic N) is 3. The Bertz CT molecular complexity index is 918. The van der Waals surface area contributed by atoms with Crippen molar-refractivity contribution in [2.75, 3.05) is 27.2 Å². The van der Waals surface area contributed by atoms with Crippen molar-refractivity contribution in [3.8, 4) is 0 Å². The molecule has 146 valence electrons. The third kappa shape index (κ3) is 3.56. The number of alkyl halides is 3. The second-order valence-corrected chi connectivity index (χ2v) is 7.51. The van der Waals surface area contributed by atoms with Crippen LogP contribution >= 0.6 is 0 Å². The van der Waals surface area contributed by atoms with Crippen molar-refractivity contribution in [3.63, 3.8) is 0 Å². The Labute approximate surface area is 162 Å². The monoisotopic (exact) mass is 385 g/mol. The quantitative estimate of drug-likeness (QED) is 0.747. The summed E-state index contributed by atoms with van der Waals surface area (Å²) >= 11 is 0. The number of hydrogen-bond donors (Lipinski definition) is 0. The lowest BCUT2D eigenvalue weighted by Crippen LogP contribution is -2.41. The predicted octanol–water partition coefficient (Wildman–Crippen LogP) is 4.69. The van der Waals surface area contributed by atoms with E-state index >= 15 is 0 Å². The topological polar surface area (TPSA) is 18.8 Å². The lowest BCUT2D eigenvalue weighted by atomic mass is 9.83. The molecule has 0 aromatic heterocycles. The van der Waals surface area contributed by atoms with Crippen molar-refractivity contribution in [2.24, 2.45) is 11.0 Å². The van der Waals surface area contributed by atoms with Gasteiger partial charge in [0.05, 0.1) is 17.3 Å². The maximum absolute atomic E-state index is 13.1. The van der Waals surface area contributed by atoms with Gasteiger partial charge in [-0.05, 0) is 42.0 Å². The standard InChI is InChI=1S/C22H22F3N3/c1-27-13-17(11-15-7-6-10-18(12-15)22(23,24)25)20-19(14-27)21(28(2)26-20)16-8-4-3-5-9-16/h3-12,19,21H,13-14H2,1-2H3. The third-order valence-corrected chi connectivity index (χ3v) is 5.37. The molecule has 2 aromatic rings. The predicted molar refractivity (Wildman–Crippen MR) is 105 cm³/mol. The van der Waals surface area contributed by atoms with Gasteiger partial charge >= 0.3 is 6.18 Å². The smallest absolute Gasteiger partial charge is 0.301 e. The molecule has 2 atom stereocenters. The normalized spacial score (nSPS) is 24.4. The van der Waals surface area contributed by atoms with E-state index in [9.17, 15) is 13.2 Å². The van der Waals surface area contributed by atoms with E-state index in [1.54, 1.807) is 6.07 Å². The molecule has 2 aliphatic heterocycles. The Morgan fingerprint density at radius 1 is 1.04 bits per heavy atom. The van der Waals surface area contributed by atoms with Gasteiger partial charge in [-0.1, -0.05) is 42.5 Å². The fraction of sp³-hybridized carbons (Fsp3) is 0.318. The van der Waals surface area contributed by atoms with Crippen LogP contribution in [0.1, 0.15) is 22.7 Å². The first-order chi connectivity index (χ1) is 13.3. The number of halogens is 3. The van der Waals surface area contributed by atoms with Gasteiger partial charge in [0, 0.05) is 26.1 Å². The average Bonchev–Trinajstić information content (AvgIpc) is 2.98. The van der Waals surface area contributed by atoms with Crippen LogP contribution in [-0.2, 0) is 6.18 Å². The van der Waals surface area contributed by atoms with E-state index in [0.29, 0.717) is 12.1 Å². The van der Waals surface area contributed by atoms with Crippen molar-refractivity contribution in [3.05, 3.63) is 76.9 Å². The lowest BCUT2D eigenvalue weighted by Gasteiger charge is -2.34. The van der Waals surface area contributed by atoms with Gasteiger partial charge < -0.3 is 4.90 Å². The molecule has 0 saturated carbocycles. The molecule has 1 fully saturated rings. The Morgan fingerprint density at radius 3 is 2.50 bits per heavy atom. The fourth-order valence-electron chi connectivity index (χ4n) is 4.20. The van der Waals surface area contributed by atoms with Gasteiger partial charge in [-0.15, -0.1) is 0 Å². The minimum atomic E-state index is -4.34. The van der Waals surface area contributed by atoms with E-state index < -0.39 is 11.7 Å². The Kier molecular flexibility index (Phi) is 4.75. The first-order valence-corrected chi connectivity index (χ1v) is 9.26. The SMILES string of the molecule is CN1CC(=Cc2cccc(C(F)(F)F)c2)C2=NN(C)C(c3ccccc3)C2C1. The van der Waals surface area contributed by atoms with Crippen molar-refractivity contribution in [1.29, 1.82) is 0 Å². The molecule has 0 aliphatic carbocycles. The van der Waals surface area contributed by atoms with Crippen molar-refractivity contribution in [1.82, 2.24) is 9.91 Å². The summed E-state index contributed by atoms with van der Waals surface area (Å²) in [6, 6.07) is 15.8. The largest absolute Gasteiger partial charge is 0.416 e. The number of fused-ring (bicyclic) bond motifs is 1. The van der Waals surface area contributed by atoms with Gasteiger partial charge in [0.25, 0.3) is 0 Å². The van der Waals surface area contributed by atoms with Crippen LogP contribution in [0.5, 0.6) is 0 Å². The van der Waals surface area contributed by atoms with Gasteiger partial charge in [-0.2, -0.15) is 18.3 Å². The maximum atomic E-state index is 13.1. The zero-order valence-electron chi connectivity index (χ0n) is 15.8. The maximum Gasteiger partial charge on any atom is 0.416 e. The second-order valence-electron chi connectivity index (χ2n) is 7.51. The van der Waals surface area contributed by atoms with Gasteiger partial charge in [0.2, 0.25) is 0 Å². The first kappa shape index (κ1) is 18.7. The van der Waals surface area contributed by atoms with E-state index in [4.69, 9.17) is 5.10 Å². The molecule has 1 saturated heterocycles. The molecule has 2 unspecified atom stereocenters. The fourth-order valence-corrected chi connectivity index (χ4v) is 4.20. The van der Waals surface area contributed by atoms with Crippen LogP contribution in [0.3, 0.4) is 0 Å². The number of likely N-dealkylation sites (tertiary alicyclic amines) is 1. The summed E-state index contributed by atoms with van der Waals surface area (Å²) in [7, 11) is 4.00. The van der Waals surface area contributed by atoms with Gasteiger partial charge in [0.1, 0.15) is 0 Å². The molecule has 0 amide bonds. The van der Waals surface area contributed by atoms with E-state index in [1.165, 1.54) is 17.7 Å². The van der Waals surface area contributed by atoms with Gasteiger partial charge in [-0.25, -0.2) is 0 Å². The van der Waals surface area contributed by atoms with Crippen molar-refractivity contribution >= 4 is 11.8 Å². The molecular formula is C22H22F3N3. The Hall–Kier alpha value is -2.60. The Balaban J connectivity index is 1.70. The molecule has 2 heterocycles. The van der Waals surface area contributed by atoms with Gasteiger partial charge in [0.15, 0.2) is 0 Å². The number of likely N-dealkylation sites (N-methyl/N-ethyl adjacent to an activating group) is 1. The zero-order chi connectivity index (χ0) is 19.9. The van der Waals surface area contributed by atoms with Gasteiger partial charge in [-0.3, -0.25) is 5.01 Å². The average molecular weight is 385 g/mol. The van der Waals surface area contributed by atoms with Crippen molar-refractivity contribution in [2.45, 2.75) is 12.2 Å². The zero-order valence-corrected chi connectivity index (χ0v) is 15.8. The summed E-state index contributed by atoms with van der Waals surface area (Å²) in [4.78, 5) is 2.21. The Morgan fingerprint density at radius 2 is 1.79 bits per heavy atom. The minimum absolute atomic E-state index is 0.129. The van der Waals surface area contributed by atoms with E-state index in [2.05, 4.69) is 17.0 Å². The van der Waals surface area contributed by atoms with E-state index in [-0.39, 0.29) is 12.0 Å². The molecule has 3 nitrogen and oxygen atoms in total. The highest BCUT2D eigenvalue weighted by Gasteiger charge is 2.41. The van der Waals surface area contributed by atoms with Crippen LogP contribution in [0.4, 0.5) is 13.2 Å². The summed E-state index contributed by atoms with van der Waals surface area (Å²) in [6.45, 7) is 1.53. The molecule has 6 heteroatoms. The lowest BCUT2D eigenvalue weighted by molar-refractivity contribution is -0.137. The molecule has 2 aliphatic rings. The molecule has 0 N–H and O–H groups in total. The summed E-state index contributed by atoms with van der Waals surface area (Å²) in [5.74, 6) is 0.184. The molecule has 28 heavy (non-hydrogen) atoms. The van der Waals surface area contributed by atoms with Crippen LogP contribution in [-0.4, -0.2) is 42.8 Å². The van der Waals surface area contributed by atoms with Crippen LogP contribution in [0, 0.1) is 5.92 Å². The molecule has 0 spiro atoms. The summed E-state index contributed by atoms with van der Waals surface area (Å²) in [5, 5.41) is 6.76. The molecule has 0 bridgehead atoms. The molecular weight excluding hydrogens is 363 g/mol. The van der Waals surface area contributed by atoms with Crippen molar-refractivity contribution < 1.29 is 13.2 Å². The van der Waals surface area contributed by atoms with E-state index in [1.807, 2.05) is 43.4 Å². The molecule has 2 aromatic carbocycles. The number of hydrazone groups is 1. The summed E-state index contributed by atoms with van der Waals surface area (Å²) < 4.78 is 39.2. The molecule has 0 radical (unpaired) electrons. The second kappa shape index (κ2) is 7.09. The van der Waals surface area contributed by atoms with Crippen LogP contribution in [0.15, 0.2) is 65.3 Å². The molecule has 4 rings (SSSR count). The highest BCUT2D eigenvalue weighted by Crippen LogP contribution is 2.39. The van der Waals surface area contributed by atoms with Crippen LogP contribution < -0.4 is 0 Å². The first-order valence-electron chi connectivity index (χ1n) is 9.26. The highest BCUT2D eigenvalue weighted by molar-refractivity contribution is 6.07. The van der Waals surface area contributed by atoms with Crippen LogP contribution in [0.25, 0.3) is 6.08 Å². The number of hydrogen-bond acceptors (Lipinski definition) is 3. The third-order valence-electron chi connectivity index (χ3n) is 5.37. The minimum Gasteiger partial charge on any atom is -0.301 e. The number of piperidine rings is 1. The van der Waals surface area contributed by atoms with Crippen LogP contribution in [0.2, 0.25) is 0 Å². The summed E-state index contributed by atoms with van der Waals surface area (Å²) in [6.07, 6.45) is -2.50. The van der Waals surface area contributed by atoms with E-state index in [0.717, 1.165) is 23.9 Å². The summed E-state index contributed by atoms with van der Waals surface area (Å²) in [5.41, 5.74) is 3.07. The number of benzene rings is 2. The number of rotatable bonds is 2. The highest BCUT2D eigenvalue weighted by atomic mass is 19.4.